The second kappa shape index (κ2) is 9.93. The van der Waals surface area contributed by atoms with E-state index in [0.29, 0.717) is 23.6 Å². The Labute approximate surface area is 199 Å². The van der Waals surface area contributed by atoms with Crippen LogP contribution in [0.5, 0.6) is 0 Å². The number of nitrogen functional groups attached to an aromatic ring is 1. The predicted octanol–water partition coefficient (Wildman–Crippen LogP) is 0.839. The van der Waals surface area contributed by atoms with E-state index < -0.39 is 24.5 Å². The summed E-state index contributed by atoms with van der Waals surface area (Å²) in [6.07, 6.45) is 1.81. The Kier molecular flexibility index (Phi) is 6.75. The van der Waals surface area contributed by atoms with Gasteiger partial charge in [0.2, 0.25) is 0 Å². The highest BCUT2D eigenvalue weighted by Gasteiger charge is 2.44. The lowest BCUT2D eigenvalue weighted by atomic mass is 9.89. The molecular weight excluding hydrogens is 434 g/mol. The van der Waals surface area contributed by atoms with E-state index in [-0.39, 0.29) is 5.82 Å². The number of nitrogens with two attached hydrogens (primary N) is 1. The van der Waals surface area contributed by atoms with Crippen molar-refractivity contribution in [2.24, 2.45) is 0 Å². The number of fused-ring (bicyclic) bond motifs is 1. The third kappa shape index (κ3) is 4.64. The van der Waals surface area contributed by atoms with Crippen molar-refractivity contribution in [3.8, 4) is 0 Å². The van der Waals surface area contributed by atoms with Crippen LogP contribution in [0.15, 0.2) is 43.0 Å². The number of aliphatic hydroxyl groups excluding tert-OH is 2. The van der Waals surface area contributed by atoms with Crippen LogP contribution in [-0.4, -0.2) is 97.6 Å². The average Bonchev–Trinajstić information content (AvgIpc) is 3.41. The first-order valence-electron chi connectivity index (χ1n) is 11.9. The van der Waals surface area contributed by atoms with Crippen molar-refractivity contribution in [3.05, 3.63) is 48.5 Å². The smallest absolute Gasteiger partial charge is 0.167 e. The third-order valence-electron chi connectivity index (χ3n) is 7.15. The number of anilines is 1. The molecule has 2 saturated heterocycles. The number of aromatic nitrogens is 4. The Morgan fingerprint density at radius 2 is 1.85 bits per heavy atom. The summed E-state index contributed by atoms with van der Waals surface area (Å²) in [4.78, 5) is 17.1. The van der Waals surface area contributed by atoms with Crippen molar-refractivity contribution in [2.45, 2.75) is 43.3 Å². The summed E-state index contributed by atoms with van der Waals surface area (Å²) in [7, 11) is 2.02. The number of likely N-dealkylation sites (tertiary alicyclic amines) is 1. The van der Waals surface area contributed by atoms with Crippen molar-refractivity contribution in [1.29, 1.82) is 0 Å². The molecule has 4 heterocycles. The molecule has 10 nitrogen and oxygen atoms in total. The van der Waals surface area contributed by atoms with E-state index in [1.165, 1.54) is 31.1 Å². The molecule has 2 unspecified atom stereocenters. The molecule has 2 fully saturated rings. The molecule has 2 aliphatic heterocycles. The largest absolute Gasteiger partial charge is 0.387 e. The van der Waals surface area contributed by atoms with Gasteiger partial charge in [-0.2, -0.15) is 0 Å². The summed E-state index contributed by atoms with van der Waals surface area (Å²) in [6.45, 7) is 4.53. The summed E-state index contributed by atoms with van der Waals surface area (Å²) < 4.78 is 7.68. The fraction of sp³-hybridized carbons (Fsp3) is 0.542. The van der Waals surface area contributed by atoms with E-state index in [2.05, 4.69) is 55.1 Å². The van der Waals surface area contributed by atoms with Crippen molar-refractivity contribution >= 4 is 17.0 Å². The maximum atomic E-state index is 10.7. The van der Waals surface area contributed by atoms with E-state index in [9.17, 15) is 10.2 Å². The van der Waals surface area contributed by atoms with Gasteiger partial charge in [0, 0.05) is 19.6 Å². The molecule has 0 aliphatic carbocycles. The zero-order valence-corrected chi connectivity index (χ0v) is 19.4. The van der Waals surface area contributed by atoms with Gasteiger partial charge in [0.15, 0.2) is 17.7 Å². The Hall–Kier alpha value is -2.63. The minimum absolute atomic E-state index is 0.265. The molecule has 10 heteroatoms. The fourth-order valence-corrected chi connectivity index (χ4v) is 5.09. The predicted molar refractivity (Wildman–Crippen MR) is 128 cm³/mol. The fourth-order valence-electron chi connectivity index (χ4n) is 5.09. The molecule has 1 aromatic carbocycles. The first-order valence-corrected chi connectivity index (χ1v) is 11.9. The first kappa shape index (κ1) is 23.1. The number of imidazole rings is 1. The van der Waals surface area contributed by atoms with Gasteiger partial charge in [-0.05, 0) is 44.5 Å². The number of aliphatic hydroxyl groups is 2. The monoisotopic (exact) mass is 467 g/mol. The van der Waals surface area contributed by atoms with Crippen LogP contribution in [-0.2, 0) is 4.74 Å². The van der Waals surface area contributed by atoms with Crippen LogP contribution in [0.4, 0.5) is 5.82 Å². The number of benzene rings is 1. The standard InChI is InChI=1S/C24H33N7O3/c1-29(11-12-30-9-7-17(8-10-30)16-5-3-2-4-6-16)13-18-20(32)21(33)24(34-18)31-15-28-19-22(25)26-14-27-23(19)31/h2-6,14-15,17-18,20-21,24,32-33H,7-13H2,1H3,(H2,25,26,27)/t18?,20-,21-,24?/m1/s1. The van der Waals surface area contributed by atoms with Crippen LogP contribution < -0.4 is 5.73 Å². The summed E-state index contributed by atoms with van der Waals surface area (Å²) in [5.74, 6) is 0.913. The minimum Gasteiger partial charge on any atom is -0.387 e. The highest BCUT2D eigenvalue weighted by Crippen LogP contribution is 2.32. The molecule has 2 aliphatic rings. The molecule has 0 radical (unpaired) electrons. The van der Waals surface area contributed by atoms with Gasteiger partial charge in [-0.15, -0.1) is 0 Å². The maximum Gasteiger partial charge on any atom is 0.167 e. The third-order valence-corrected chi connectivity index (χ3v) is 7.15. The number of hydrogen-bond donors (Lipinski definition) is 3. The van der Waals surface area contributed by atoms with Crippen LogP contribution >= 0.6 is 0 Å². The van der Waals surface area contributed by atoms with Crippen LogP contribution in [0.2, 0.25) is 0 Å². The molecule has 0 bridgehead atoms. The molecule has 0 amide bonds. The molecule has 3 aromatic rings. The number of piperidine rings is 1. The van der Waals surface area contributed by atoms with Gasteiger partial charge in [0.05, 0.1) is 6.33 Å². The SMILES string of the molecule is CN(CCN1CCC(c2ccccc2)CC1)CC1OC(n2cnc3c(N)ncnc32)[C@H](O)[C@@H]1O. The van der Waals surface area contributed by atoms with Crippen LogP contribution in [0.3, 0.4) is 0 Å². The highest BCUT2D eigenvalue weighted by atomic mass is 16.6. The van der Waals surface area contributed by atoms with E-state index in [1.54, 1.807) is 4.57 Å². The average molecular weight is 468 g/mol. The van der Waals surface area contributed by atoms with Gasteiger partial charge < -0.3 is 30.5 Å². The van der Waals surface area contributed by atoms with E-state index >= 15 is 0 Å². The lowest BCUT2D eigenvalue weighted by Crippen LogP contribution is -2.42. The molecule has 5 rings (SSSR count). The van der Waals surface area contributed by atoms with Gasteiger partial charge in [0.1, 0.15) is 30.2 Å². The zero-order valence-electron chi connectivity index (χ0n) is 19.4. The Morgan fingerprint density at radius 3 is 2.62 bits per heavy atom. The van der Waals surface area contributed by atoms with E-state index in [4.69, 9.17) is 10.5 Å². The molecule has 4 N–H and O–H groups in total. The molecule has 34 heavy (non-hydrogen) atoms. The normalized spacial score (nSPS) is 26.6. The number of likely N-dealkylation sites (N-methyl/N-ethyl adjacent to an activating group) is 1. The lowest BCUT2D eigenvalue weighted by Gasteiger charge is -2.33. The summed E-state index contributed by atoms with van der Waals surface area (Å²) in [6, 6.07) is 10.8. The summed E-state index contributed by atoms with van der Waals surface area (Å²) in [5, 5.41) is 21.3. The number of hydrogen-bond acceptors (Lipinski definition) is 9. The summed E-state index contributed by atoms with van der Waals surface area (Å²) in [5.41, 5.74) is 8.23. The van der Waals surface area contributed by atoms with Gasteiger partial charge >= 0.3 is 0 Å². The molecule has 0 saturated carbocycles. The van der Waals surface area contributed by atoms with Gasteiger partial charge in [0.25, 0.3) is 0 Å². The molecule has 182 valence electrons. The van der Waals surface area contributed by atoms with Crippen molar-refractivity contribution in [1.82, 2.24) is 29.3 Å². The number of nitrogens with zero attached hydrogens (tertiary/aromatic N) is 6. The highest BCUT2D eigenvalue weighted by molar-refractivity contribution is 5.81. The van der Waals surface area contributed by atoms with Crippen molar-refractivity contribution in [3.63, 3.8) is 0 Å². The topological polar surface area (TPSA) is 126 Å². The van der Waals surface area contributed by atoms with Crippen molar-refractivity contribution < 1.29 is 14.9 Å². The second-order valence-electron chi connectivity index (χ2n) is 9.42. The van der Waals surface area contributed by atoms with Gasteiger partial charge in [-0.25, -0.2) is 15.0 Å². The van der Waals surface area contributed by atoms with Crippen LogP contribution in [0, 0.1) is 0 Å². The Morgan fingerprint density at radius 1 is 1.09 bits per heavy atom. The Balaban J connectivity index is 1.12. The maximum absolute atomic E-state index is 10.7. The number of ether oxygens (including phenoxy) is 1. The van der Waals surface area contributed by atoms with Gasteiger partial charge in [-0.3, -0.25) is 4.57 Å². The van der Waals surface area contributed by atoms with Crippen LogP contribution in [0.25, 0.3) is 11.2 Å². The minimum atomic E-state index is -1.09. The second-order valence-corrected chi connectivity index (χ2v) is 9.42. The number of rotatable bonds is 7. The quantitative estimate of drug-likeness (QED) is 0.463. The Bertz CT molecular complexity index is 1090. The molecule has 0 spiro atoms. The van der Waals surface area contributed by atoms with E-state index in [0.717, 1.165) is 26.2 Å². The zero-order chi connectivity index (χ0) is 23.7. The van der Waals surface area contributed by atoms with Gasteiger partial charge in [-0.1, -0.05) is 30.3 Å². The summed E-state index contributed by atoms with van der Waals surface area (Å²) >= 11 is 0. The lowest BCUT2D eigenvalue weighted by molar-refractivity contribution is -0.0426. The molecule has 4 atom stereocenters. The molecule has 2 aromatic heterocycles. The van der Waals surface area contributed by atoms with Crippen LogP contribution in [0.1, 0.15) is 30.6 Å². The first-order chi connectivity index (χ1) is 16.5. The van der Waals surface area contributed by atoms with E-state index in [1.807, 2.05) is 7.05 Å². The van der Waals surface area contributed by atoms with Crippen molar-refractivity contribution in [2.75, 3.05) is 45.5 Å². The molecular formula is C24H33N7O3.